The maximum Gasteiger partial charge on any atom is 0.249 e. The fourth-order valence-corrected chi connectivity index (χ4v) is 2.84. The molecule has 1 aliphatic heterocycles. The average Bonchev–Trinajstić information content (AvgIpc) is 2.77. The van der Waals surface area contributed by atoms with Crippen molar-refractivity contribution >= 4 is 33.4 Å². The van der Waals surface area contributed by atoms with Gasteiger partial charge in [0.05, 0.1) is 13.0 Å². The molecule has 21 heavy (non-hydrogen) atoms. The number of anilines is 1. The van der Waals surface area contributed by atoms with Crippen molar-refractivity contribution < 1.29 is 9.59 Å². The lowest BCUT2D eigenvalue weighted by molar-refractivity contribution is -0.117. The minimum Gasteiger partial charge on any atom is -0.366 e. The SMILES string of the molecule is NC(=O)c1cccc2c1CC(=O)N2Cc1ccc(Br)cc1. The van der Waals surface area contributed by atoms with E-state index in [1.54, 1.807) is 17.0 Å². The molecule has 0 aliphatic carbocycles. The molecule has 0 bridgehead atoms. The summed E-state index contributed by atoms with van der Waals surface area (Å²) in [6.07, 6.45) is 0.227. The van der Waals surface area contributed by atoms with Gasteiger partial charge < -0.3 is 10.6 Å². The van der Waals surface area contributed by atoms with E-state index in [4.69, 9.17) is 5.73 Å². The predicted molar refractivity (Wildman–Crippen MR) is 84.0 cm³/mol. The van der Waals surface area contributed by atoms with Gasteiger partial charge >= 0.3 is 0 Å². The standard InChI is InChI=1S/C16H13BrN2O2/c17-11-6-4-10(5-7-11)9-19-14-3-1-2-12(16(18)21)13(14)8-15(19)20/h1-7H,8-9H2,(H2,18,21). The quantitative estimate of drug-likeness (QED) is 0.930. The Labute approximate surface area is 130 Å². The Morgan fingerprint density at radius 2 is 1.90 bits per heavy atom. The van der Waals surface area contributed by atoms with Crippen molar-refractivity contribution in [3.63, 3.8) is 0 Å². The van der Waals surface area contributed by atoms with Gasteiger partial charge in [0.25, 0.3) is 0 Å². The molecule has 106 valence electrons. The number of hydrogen-bond acceptors (Lipinski definition) is 2. The van der Waals surface area contributed by atoms with Crippen LogP contribution in [0.3, 0.4) is 0 Å². The molecule has 0 aromatic heterocycles. The van der Waals surface area contributed by atoms with Crippen molar-refractivity contribution in [3.05, 3.63) is 63.6 Å². The molecule has 2 N–H and O–H groups in total. The summed E-state index contributed by atoms with van der Waals surface area (Å²) in [7, 11) is 0. The van der Waals surface area contributed by atoms with Crippen LogP contribution in [0.4, 0.5) is 5.69 Å². The number of nitrogens with zero attached hydrogens (tertiary/aromatic N) is 1. The van der Waals surface area contributed by atoms with Crippen molar-refractivity contribution in [1.29, 1.82) is 0 Å². The number of carbonyl (C=O) groups is 2. The summed E-state index contributed by atoms with van der Waals surface area (Å²) in [5.41, 5.74) is 8.34. The number of carbonyl (C=O) groups excluding carboxylic acids is 2. The number of halogens is 1. The Kier molecular flexibility index (Phi) is 3.51. The summed E-state index contributed by atoms with van der Waals surface area (Å²) >= 11 is 3.39. The molecule has 1 heterocycles. The van der Waals surface area contributed by atoms with Gasteiger partial charge in [-0.05, 0) is 35.4 Å². The molecule has 0 radical (unpaired) electrons. The third-order valence-corrected chi connectivity index (χ3v) is 4.12. The zero-order valence-electron chi connectivity index (χ0n) is 11.2. The minimum atomic E-state index is -0.495. The normalized spacial score (nSPS) is 13.4. The summed E-state index contributed by atoms with van der Waals surface area (Å²) in [5, 5.41) is 0. The first-order valence-corrected chi connectivity index (χ1v) is 7.32. The summed E-state index contributed by atoms with van der Waals surface area (Å²) in [6.45, 7) is 0.487. The summed E-state index contributed by atoms with van der Waals surface area (Å²) in [5.74, 6) is -0.508. The highest BCUT2D eigenvalue weighted by atomic mass is 79.9. The Morgan fingerprint density at radius 1 is 1.19 bits per heavy atom. The van der Waals surface area contributed by atoms with Gasteiger partial charge in [-0.3, -0.25) is 9.59 Å². The van der Waals surface area contributed by atoms with Crippen molar-refractivity contribution in [2.45, 2.75) is 13.0 Å². The summed E-state index contributed by atoms with van der Waals surface area (Å²) in [6, 6.07) is 13.1. The Bertz CT molecular complexity index is 726. The second kappa shape index (κ2) is 5.33. The molecule has 1 aliphatic rings. The van der Waals surface area contributed by atoms with E-state index in [2.05, 4.69) is 15.9 Å². The molecule has 0 spiro atoms. The van der Waals surface area contributed by atoms with Gasteiger partial charge in [-0.1, -0.05) is 34.1 Å². The first-order chi connectivity index (χ1) is 10.1. The number of nitrogens with two attached hydrogens (primary N) is 1. The van der Waals surface area contributed by atoms with E-state index in [-0.39, 0.29) is 12.3 Å². The molecule has 2 aromatic carbocycles. The molecule has 4 nitrogen and oxygen atoms in total. The summed E-state index contributed by atoms with van der Waals surface area (Å²) < 4.78 is 0.996. The van der Waals surface area contributed by atoms with E-state index < -0.39 is 5.91 Å². The van der Waals surface area contributed by atoms with Crippen LogP contribution in [0.25, 0.3) is 0 Å². The third-order valence-electron chi connectivity index (χ3n) is 3.59. The fraction of sp³-hybridized carbons (Fsp3) is 0.125. The van der Waals surface area contributed by atoms with Crippen molar-refractivity contribution in [3.8, 4) is 0 Å². The van der Waals surface area contributed by atoms with Crippen LogP contribution in [0.2, 0.25) is 0 Å². The van der Waals surface area contributed by atoms with Crippen molar-refractivity contribution in [1.82, 2.24) is 0 Å². The number of benzene rings is 2. The molecule has 2 aromatic rings. The van der Waals surface area contributed by atoms with Gasteiger partial charge in [0.1, 0.15) is 0 Å². The van der Waals surface area contributed by atoms with Crippen molar-refractivity contribution in [2.24, 2.45) is 5.73 Å². The van der Waals surface area contributed by atoms with Gasteiger partial charge in [-0.15, -0.1) is 0 Å². The highest BCUT2D eigenvalue weighted by Crippen LogP contribution is 2.32. The molecule has 3 rings (SSSR count). The molecule has 0 atom stereocenters. The van der Waals surface area contributed by atoms with Crippen LogP contribution in [0, 0.1) is 0 Å². The van der Waals surface area contributed by atoms with Gasteiger partial charge in [0.15, 0.2) is 0 Å². The van der Waals surface area contributed by atoms with Gasteiger partial charge in [0, 0.05) is 15.7 Å². The number of amides is 2. The Hall–Kier alpha value is -2.14. The van der Waals surface area contributed by atoms with E-state index in [0.29, 0.717) is 12.1 Å². The van der Waals surface area contributed by atoms with E-state index in [0.717, 1.165) is 21.3 Å². The molecule has 2 amide bonds. The number of fused-ring (bicyclic) bond motifs is 1. The van der Waals surface area contributed by atoms with Crippen LogP contribution in [-0.4, -0.2) is 11.8 Å². The largest absolute Gasteiger partial charge is 0.366 e. The lowest BCUT2D eigenvalue weighted by Crippen LogP contribution is -2.25. The molecule has 0 unspecified atom stereocenters. The lowest BCUT2D eigenvalue weighted by Gasteiger charge is -2.18. The van der Waals surface area contributed by atoms with Crippen molar-refractivity contribution in [2.75, 3.05) is 4.90 Å². The second-order valence-electron chi connectivity index (χ2n) is 4.95. The lowest BCUT2D eigenvalue weighted by atomic mass is 10.0. The predicted octanol–water partition coefficient (Wildman–Crippen LogP) is 2.64. The number of hydrogen-bond donors (Lipinski definition) is 1. The molecular formula is C16H13BrN2O2. The van der Waals surface area contributed by atoms with E-state index >= 15 is 0 Å². The molecule has 5 heteroatoms. The molecule has 0 saturated carbocycles. The maximum atomic E-state index is 12.2. The van der Waals surface area contributed by atoms with Crippen LogP contribution in [0.15, 0.2) is 46.9 Å². The second-order valence-corrected chi connectivity index (χ2v) is 5.87. The first kappa shape index (κ1) is 13.8. The zero-order valence-corrected chi connectivity index (χ0v) is 12.8. The van der Waals surface area contributed by atoms with Gasteiger partial charge in [0.2, 0.25) is 11.8 Å². The summed E-state index contributed by atoms with van der Waals surface area (Å²) in [4.78, 5) is 25.4. The highest BCUT2D eigenvalue weighted by molar-refractivity contribution is 9.10. The maximum absolute atomic E-state index is 12.2. The average molecular weight is 345 g/mol. The molecule has 0 fully saturated rings. The van der Waals surface area contributed by atoms with Crippen LogP contribution in [0.1, 0.15) is 21.5 Å². The minimum absolute atomic E-state index is 0.0124. The van der Waals surface area contributed by atoms with Crippen LogP contribution < -0.4 is 10.6 Å². The highest BCUT2D eigenvalue weighted by Gasteiger charge is 2.30. The van der Waals surface area contributed by atoms with Crippen LogP contribution in [0.5, 0.6) is 0 Å². The van der Waals surface area contributed by atoms with Crippen LogP contribution in [-0.2, 0) is 17.8 Å². The fourth-order valence-electron chi connectivity index (χ4n) is 2.57. The van der Waals surface area contributed by atoms with Gasteiger partial charge in [-0.2, -0.15) is 0 Å². The van der Waals surface area contributed by atoms with Crippen LogP contribution >= 0.6 is 15.9 Å². The molecular weight excluding hydrogens is 332 g/mol. The van der Waals surface area contributed by atoms with Gasteiger partial charge in [-0.25, -0.2) is 0 Å². The zero-order chi connectivity index (χ0) is 15.0. The monoisotopic (exact) mass is 344 g/mol. The first-order valence-electron chi connectivity index (χ1n) is 6.53. The third kappa shape index (κ3) is 2.56. The van der Waals surface area contributed by atoms with E-state index in [9.17, 15) is 9.59 Å². The Balaban J connectivity index is 1.96. The Morgan fingerprint density at radius 3 is 2.57 bits per heavy atom. The van der Waals surface area contributed by atoms with E-state index in [1.165, 1.54) is 0 Å². The number of primary amides is 1. The smallest absolute Gasteiger partial charge is 0.249 e. The topological polar surface area (TPSA) is 63.4 Å². The van der Waals surface area contributed by atoms with E-state index in [1.807, 2.05) is 30.3 Å². The molecule has 0 saturated heterocycles. The number of rotatable bonds is 3.